The predicted molar refractivity (Wildman–Crippen MR) is 75.7 cm³/mol. The van der Waals surface area contributed by atoms with Gasteiger partial charge in [0, 0.05) is 19.6 Å². The second-order valence-corrected chi connectivity index (χ2v) is 5.39. The van der Waals surface area contributed by atoms with Crippen LogP contribution in [0.15, 0.2) is 17.3 Å². The number of aromatic nitrogens is 4. The summed E-state index contributed by atoms with van der Waals surface area (Å²) in [5.74, 6) is -0.261. The molecule has 2 aromatic heterocycles. The van der Waals surface area contributed by atoms with Gasteiger partial charge in [-0.2, -0.15) is 5.10 Å². The fourth-order valence-electron chi connectivity index (χ4n) is 1.89. The number of carbonyl (C=O) groups is 1. The molecule has 0 saturated carbocycles. The maximum atomic E-state index is 12.2. The zero-order chi connectivity index (χ0) is 14.9. The van der Waals surface area contributed by atoms with Crippen LogP contribution in [-0.2, 0) is 18.4 Å². The standard InChI is InChI=1S/C12H16ClN5O2/c1-7(16-11(19)8(2)13)5-18-6-14-10-9(12(18)20)4-15-17(10)3/h4,6-8H,5H2,1-3H3,(H,16,19). The van der Waals surface area contributed by atoms with E-state index in [1.165, 1.54) is 17.1 Å². The van der Waals surface area contributed by atoms with Crippen LogP contribution in [0.1, 0.15) is 13.8 Å². The van der Waals surface area contributed by atoms with Gasteiger partial charge in [0.1, 0.15) is 17.1 Å². The van der Waals surface area contributed by atoms with Gasteiger partial charge in [0.05, 0.1) is 6.20 Å². The first kappa shape index (κ1) is 14.5. The number of carbonyl (C=O) groups excluding carboxylic acids is 1. The molecule has 20 heavy (non-hydrogen) atoms. The third-order valence-corrected chi connectivity index (χ3v) is 3.14. The summed E-state index contributed by atoms with van der Waals surface area (Å²) in [6, 6.07) is -0.225. The lowest BCUT2D eigenvalue weighted by molar-refractivity contribution is -0.121. The zero-order valence-electron chi connectivity index (χ0n) is 11.5. The quantitative estimate of drug-likeness (QED) is 0.821. The molecule has 1 N–H and O–H groups in total. The van der Waals surface area contributed by atoms with Gasteiger partial charge in [-0.1, -0.05) is 0 Å². The number of nitrogens with one attached hydrogen (secondary N) is 1. The Morgan fingerprint density at radius 1 is 1.50 bits per heavy atom. The van der Waals surface area contributed by atoms with E-state index >= 15 is 0 Å². The van der Waals surface area contributed by atoms with Gasteiger partial charge in [-0.25, -0.2) is 4.98 Å². The number of amides is 1. The fourth-order valence-corrected chi connectivity index (χ4v) is 1.96. The molecular weight excluding hydrogens is 282 g/mol. The second kappa shape index (κ2) is 5.62. The Balaban J connectivity index is 2.20. The van der Waals surface area contributed by atoms with Gasteiger partial charge in [0.15, 0.2) is 5.65 Å². The van der Waals surface area contributed by atoms with E-state index < -0.39 is 5.38 Å². The Morgan fingerprint density at radius 3 is 2.85 bits per heavy atom. The van der Waals surface area contributed by atoms with E-state index in [2.05, 4.69) is 15.4 Å². The minimum Gasteiger partial charge on any atom is -0.351 e. The maximum Gasteiger partial charge on any atom is 0.264 e. The minimum absolute atomic E-state index is 0.178. The van der Waals surface area contributed by atoms with E-state index in [1.54, 1.807) is 25.6 Å². The van der Waals surface area contributed by atoms with Gasteiger partial charge < -0.3 is 5.32 Å². The summed E-state index contributed by atoms with van der Waals surface area (Å²) in [6.07, 6.45) is 2.95. The van der Waals surface area contributed by atoms with E-state index in [4.69, 9.17) is 11.6 Å². The summed E-state index contributed by atoms with van der Waals surface area (Å²) in [4.78, 5) is 27.9. The first-order valence-electron chi connectivity index (χ1n) is 6.21. The fraction of sp³-hybridized carbons (Fsp3) is 0.500. The van der Waals surface area contributed by atoms with Crippen LogP contribution in [-0.4, -0.2) is 36.7 Å². The monoisotopic (exact) mass is 297 g/mol. The van der Waals surface area contributed by atoms with E-state index in [0.717, 1.165) is 0 Å². The molecule has 2 rings (SSSR count). The number of fused-ring (bicyclic) bond motifs is 1. The number of hydrogen-bond donors (Lipinski definition) is 1. The SMILES string of the molecule is CC(Cn1cnc2c(cnn2C)c1=O)NC(=O)C(C)Cl. The van der Waals surface area contributed by atoms with E-state index in [9.17, 15) is 9.59 Å². The predicted octanol–water partition coefficient (Wildman–Crippen LogP) is 0.262. The van der Waals surface area contributed by atoms with Crippen molar-refractivity contribution in [3.63, 3.8) is 0 Å². The second-order valence-electron chi connectivity index (χ2n) is 4.73. The lowest BCUT2D eigenvalue weighted by atomic mass is 10.3. The number of aryl methyl sites for hydroxylation is 1. The molecule has 0 aliphatic carbocycles. The molecule has 0 aliphatic rings. The molecule has 8 heteroatoms. The van der Waals surface area contributed by atoms with Gasteiger partial charge in [0.25, 0.3) is 5.56 Å². The van der Waals surface area contributed by atoms with Crippen LogP contribution >= 0.6 is 11.6 Å². The van der Waals surface area contributed by atoms with Gasteiger partial charge in [-0.3, -0.25) is 18.8 Å². The van der Waals surface area contributed by atoms with Crippen LogP contribution < -0.4 is 10.9 Å². The highest BCUT2D eigenvalue weighted by Crippen LogP contribution is 2.03. The molecule has 108 valence electrons. The van der Waals surface area contributed by atoms with Crippen LogP contribution in [0.4, 0.5) is 0 Å². The topological polar surface area (TPSA) is 81.8 Å². The minimum atomic E-state index is -0.604. The van der Waals surface area contributed by atoms with Gasteiger partial charge in [0.2, 0.25) is 5.91 Å². The van der Waals surface area contributed by atoms with Crippen molar-refractivity contribution in [3.05, 3.63) is 22.9 Å². The number of nitrogens with zero attached hydrogens (tertiary/aromatic N) is 4. The Morgan fingerprint density at radius 2 is 2.20 bits per heavy atom. The third-order valence-electron chi connectivity index (χ3n) is 2.94. The smallest absolute Gasteiger partial charge is 0.264 e. The highest BCUT2D eigenvalue weighted by molar-refractivity contribution is 6.30. The van der Waals surface area contributed by atoms with Crippen LogP contribution in [0.5, 0.6) is 0 Å². The van der Waals surface area contributed by atoms with Crippen molar-refractivity contribution in [2.24, 2.45) is 7.05 Å². The van der Waals surface area contributed by atoms with Crippen LogP contribution in [0, 0.1) is 0 Å². The van der Waals surface area contributed by atoms with Crippen LogP contribution in [0.3, 0.4) is 0 Å². The first-order chi connectivity index (χ1) is 9.40. The molecule has 7 nitrogen and oxygen atoms in total. The first-order valence-corrected chi connectivity index (χ1v) is 6.65. The van der Waals surface area contributed by atoms with Crippen LogP contribution in [0.25, 0.3) is 11.0 Å². The van der Waals surface area contributed by atoms with Crippen molar-refractivity contribution in [2.45, 2.75) is 31.8 Å². The van der Waals surface area contributed by atoms with Crippen molar-refractivity contribution in [3.8, 4) is 0 Å². The maximum absolute atomic E-state index is 12.2. The average Bonchev–Trinajstić information content (AvgIpc) is 2.75. The Kier molecular flexibility index (Phi) is 4.08. The molecule has 0 saturated heterocycles. The summed E-state index contributed by atoms with van der Waals surface area (Å²) in [5.41, 5.74) is 0.362. The Bertz CT molecular complexity index is 691. The summed E-state index contributed by atoms with van der Waals surface area (Å²) in [6.45, 7) is 3.72. The lowest BCUT2D eigenvalue weighted by Crippen LogP contribution is -2.41. The summed E-state index contributed by atoms with van der Waals surface area (Å²) < 4.78 is 3.00. The molecule has 0 fully saturated rings. The van der Waals surface area contributed by atoms with Gasteiger partial charge in [-0.15, -0.1) is 11.6 Å². The molecule has 0 aliphatic heterocycles. The molecule has 0 spiro atoms. The third kappa shape index (κ3) is 2.82. The van der Waals surface area contributed by atoms with Crippen molar-refractivity contribution in [1.29, 1.82) is 0 Å². The molecular formula is C12H16ClN5O2. The zero-order valence-corrected chi connectivity index (χ0v) is 12.3. The highest BCUT2D eigenvalue weighted by atomic mass is 35.5. The molecule has 2 heterocycles. The number of hydrogen-bond acceptors (Lipinski definition) is 4. The largest absolute Gasteiger partial charge is 0.351 e. The Labute approximate surface area is 120 Å². The number of halogens is 1. The molecule has 1 amide bonds. The van der Waals surface area contributed by atoms with Gasteiger partial charge in [-0.05, 0) is 13.8 Å². The molecule has 2 atom stereocenters. The molecule has 0 bridgehead atoms. The van der Waals surface area contributed by atoms with Crippen molar-refractivity contribution >= 4 is 28.5 Å². The van der Waals surface area contributed by atoms with Crippen molar-refractivity contribution < 1.29 is 4.79 Å². The molecule has 0 radical (unpaired) electrons. The lowest BCUT2D eigenvalue weighted by Gasteiger charge is -2.16. The van der Waals surface area contributed by atoms with Crippen molar-refractivity contribution in [1.82, 2.24) is 24.6 Å². The van der Waals surface area contributed by atoms with Gasteiger partial charge >= 0.3 is 0 Å². The summed E-state index contributed by atoms with van der Waals surface area (Å²) >= 11 is 5.68. The highest BCUT2D eigenvalue weighted by Gasteiger charge is 2.14. The average molecular weight is 298 g/mol. The number of alkyl halides is 1. The Hall–Kier alpha value is -1.89. The summed E-state index contributed by atoms with van der Waals surface area (Å²) in [5, 5.41) is 6.59. The normalized spacial score (nSPS) is 14.2. The number of rotatable bonds is 4. The molecule has 2 unspecified atom stereocenters. The van der Waals surface area contributed by atoms with E-state index in [0.29, 0.717) is 17.6 Å². The molecule has 2 aromatic rings. The van der Waals surface area contributed by atoms with E-state index in [1.807, 2.05) is 0 Å². The molecule has 0 aromatic carbocycles. The van der Waals surface area contributed by atoms with E-state index in [-0.39, 0.29) is 17.5 Å². The van der Waals surface area contributed by atoms with Crippen LogP contribution in [0.2, 0.25) is 0 Å². The summed E-state index contributed by atoms with van der Waals surface area (Å²) in [7, 11) is 1.73. The van der Waals surface area contributed by atoms with Crippen molar-refractivity contribution in [2.75, 3.05) is 0 Å².